The van der Waals surface area contributed by atoms with E-state index in [1.165, 1.54) is 47.8 Å². The van der Waals surface area contributed by atoms with Crippen molar-refractivity contribution in [2.45, 2.75) is 87.2 Å². The number of hydrazine groups is 1. The van der Waals surface area contributed by atoms with E-state index in [0.29, 0.717) is 33.5 Å². The van der Waals surface area contributed by atoms with E-state index in [2.05, 4.69) is 42.3 Å². The second-order valence-corrected chi connectivity index (χ2v) is 19.0. The molecule has 1 aromatic heterocycles. The molecule has 0 spiro atoms. The molecule has 0 bridgehead atoms. The molecule has 398 valence electrons. The number of H-pyrrole nitrogens is 1. The number of hydrogen-bond acceptors (Lipinski definition) is 16. The molecule has 0 saturated heterocycles. The number of para-hydroxylation sites is 1. The van der Waals surface area contributed by atoms with Crippen LogP contribution in [-0.4, -0.2) is 152 Å². The number of nitrogens with two attached hydrogens (primary N) is 2. The number of Topliss-reactive ketones (excluding diaryl/α,β-unsaturated/α-hetero) is 2. The number of aliphatic carboxylic acids is 2. The SMILES string of the molecule is CSCCC(NC(=O)[C@@H](CC(=O)O)NC(=O)[C@@H](Cc1ccccc1)NN)C(=O)NC(Cc1c[nH]c2ccccc12)C(=O)NCC(=O)N[C@H](CCSC)C(=O)N[C@H](Cc1ccc(O)cc1)C(=O)C(=O)[C@H](N)CC(=O)O. The minimum absolute atomic E-state index is 0.00147. The number of carboxylic acids is 2. The van der Waals surface area contributed by atoms with Gasteiger partial charge in [0.15, 0.2) is 0 Å². The van der Waals surface area contributed by atoms with E-state index in [1.807, 2.05) is 0 Å². The Hall–Kier alpha value is -7.32. The molecule has 0 aliphatic heterocycles. The summed E-state index contributed by atoms with van der Waals surface area (Å²) in [7, 11) is 0. The van der Waals surface area contributed by atoms with Gasteiger partial charge in [0.05, 0.1) is 31.5 Å². The van der Waals surface area contributed by atoms with Crippen molar-refractivity contribution in [1.29, 1.82) is 0 Å². The first-order valence-electron chi connectivity index (χ1n) is 23.2. The highest BCUT2D eigenvalue weighted by Crippen LogP contribution is 2.20. The number of phenols is 1. The van der Waals surface area contributed by atoms with Crippen molar-refractivity contribution < 1.29 is 63.3 Å². The van der Waals surface area contributed by atoms with Crippen molar-refractivity contribution in [2.75, 3.05) is 30.6 Å². The number of aromatic hydroxyl groups is 1. The summed E-state index contributed by atoms with van der Waals surface area (Å²) in [6.45, 7) is -0.730. The number of ketones is 2. The van der Waals surface area contributed by atoms with Crippen LogP contribution in [0.4, 0.5) is 0 Å². The van der Waals surface area contributed by atoms with Gasteiger partial charge in [-0.25, -0.2) is 5.43 Å². The van der Waals surface area contributed by atoms with Gasteiger partial charge in [-0.1, -0.05) is 60.7 Å². The van der Waals surface area contributed by atoms with E-state index < -0.39 is 121 Å². The zero-order chi connectivity index (χ0) is 54.3. The quantitative estimate of drug-likeness (QED) is 0.0162. The minimum atomic E-state index is -1.71. The van der Waals surface area contributed by atoms with Gasteiger partial charge in [0, 0.05) is 29.9 Å². The van der Waals surface area contributed by atoms with E-state index in [0.717, 1.165) is 5.56 Å². The van der Waals surface area contributed by atoms with E-state index in [-0.39, 0.29) is 37.9 Å². The largest absolute Gasteiger partial charge is 0.508 e. The molecule has 74 heavy (non-hydrogen) atoms. The average molecular weight is 1060 g/mol. The number of amides is 6. The number of benzene rings is 3. The molecule has 6 amide bonds. The second-order valence-electron chi connectivity index (χ2n) is 17.0. The van der Waals surface area contributed by atoms with Gasteiger partial charge in [-0.05, 0) is 78.2 Å². The third-order valence-corrected chi connectivity index (χ3v) is 12.7. The zero-order valence-electron chi connectivity index (χ0n) is 40.6. The summed E-state index contributed by atoms with van der Waals surface area (Å²) in [6, 6.07) is 11.4. The maximum atomic E-state index is 14.2. The molecule has 0 aliphatic carbocycles. The third kappa shape index (κ3) is 18.9. The van der Waals surface area contributed by atoms with Gasteiger partial charge in [0.1, 0.15) is 36.0 Å². The fraction of sp³-hybridized carbons (Fsp3) is 0.388. The average Bonchev–Trinajstić information content (AvgIpc) is 3.78. The molecule has 0 radical (unpaired) electrons. The smallest absolute Gasteiger partial charge is 0.305 e. The van der Waals surface area contributed by atoms with Crippen molar-refractivity contribution >= 4 is 93.4 Å². The summed E-state index contributed by atoms with van der Waals surface area (Å²) in [5.41, 5.74) is 10.5. The summed E-state index contributed by atoms with van der Waals surface area (Å²) < 4.78 is 0. The van der Waals surface area contributed by atoms with Gasteiger partial charge in [-0.2, -0.15) is 23.5 Å². The molecule has 0 saturated carbocycles. The molecule has 0 fully saturated rings. The van der Waals surface area contributed by atoms with Crippen LogP contribution in [0.3, 0.4) is 0 Å². The van der Waals surface area contributed by atoms with Crippen LogP contribution in [0.5, 0.6) is 5.75 Å². The first-order chi connectivity index (χ1) is 35.3. The highest BCUT2D eigenvalue weighted by atomic mass is 32.2. The van der Waals surface area contributed by atoms with Crippen LogP contribution in [0, 0.1) is 0 Å². The molecular formula is C49H62N10O13S2. The Morgan fingerprint density at radius 3 is 1.69 bits per heavy atom. The number of phenolic OH excluding ortho intramolecular Hbond substituents is 1. The summed E-state index contributed by atoms with van der Waals surface area (Å²) in [4.78, 5) is 136. The minimum Gasteiger partial charge on any atom is -0.508 e. The topological polar surface area (TPSA) is 383 Å². The summed E-state index contributed by atoms with van der Waals surface area (Å²) in [6.07, 6.45) is 3.12. The van der Waals surface area contributed by atoms with E-state index in [1.54, 1.807) is 73.3 Å². The Morgan fingerprint density at radius 1 is 0.568 bits per heavy atom. The predicted octanol–water partition coefficient (Wildman–Crippen LogP) is -0.805. The first kappa shape index (κ1) is 59.2. The maximum Gasteiger partial charge on any atom is 0.305 e. The number of aromatic amines is 1. The predicted molar refractivity (Wildman–Crippen MR) is 276 cm³/mol. The van der Waals surface area contributed by atoms with Gasteiger partial charge in [0.2, 0.25) is 47.0 Å². The number of fused-ring (bicyclic) bond motifs is 1. The van der Waals surface area contributed by atoms with Crippen molar-refractivity contribution in [3.8, 4) is 5.75 Å². The van der Waals surface area contributed by atoms with E-state index in [4.69, 9.17) is 16.7 Å². The van der Waals surface area contributed by atoms with Crippen LogP contribution in [0.2, 0.25) is 0 Å². The lowest BCUT2D eigenvalue weighted by molar-refractivity contribution is -0.143. The highest BCUT2D eigenvalue weighted by molar-refractivity contribution is 7.98. The molecule has 7 atom stereocenters. The van der Waals surface area contributed by atoms with Crippen LogP contribution in [-0.2, 0) is 67.2 Å². The Bertz CT molecular complexity index is 2600. The molecule has 1 heterocycles. The summed E-state index contributed by atoms with van der Waals surface area (Å²) in [5, 5.41) is 44.5. The van der Waals surface area contributed by atoms with Crippen molar-refractivity contribution in [3.63, 3.8) is 0 Å². The second kappa shape index (κ2) is 30.0. The molecule has 15 N–H and O–H groups in total. The molecule has 3 aromatic carbocycles. The molecule has 4 aromatic rings. The zero-order valence-corrected chi connectivity index (χ0v) is 42.2. The van der Waals surface area contributed by atoms with E-state index >= 15 is 0 Å². The lowest BCUT2D eigenvalue weighted by Crippen LogP contribution is -2.59. The summed E-state index contributed by atoms with van der Waals surface area (Å²) in [5.74, 6) is -4.37. The van der Waals surface area contributed by atoms with Crippen molar-refractivity contribution in [2.24, 2.45) is 11.6 Å². The van der Waals surface area contributed by atoms with Gasteiger partial charge in [0.25, 0.3) is 0 Å². The maximum absolute atomic E-state index is 14.2. The summed E-state index contributed by atoms with van der Waals surface area (Å²) >= 11 is 2.66. The van der Waals surface area contributed by atoms with Gasteiger partial charge < -0.3 is 57.9 Å². The number of hydrogen-bond donors (Lipinski definition) is 13. The number of carboxylic acid groups (broad SMARTS) is 2. The molecular weight excluding hydrogens is 1000 g/mol. The fourth-order valence-electron chi connectivity index (χ4n) is 7.54. The van der Waals surface area contributed by atoms with Crippen molar-refractivity contribution in [1.82, 2.24) is 42.3 Å². The Labute approximate surface area is 434 Å². The normalized spacial score (nSPS) is 13.9. The van der Waals surface area contributed by atoms with E-state index in [9.17, 15) is 58.2 Å². The molecule has 2 unspecified atom stereocenters. The number of carbonyl (C=O) groups is 10. The number of rotatable bonds is 32. The lowest BCUT2D eigenvalue weighted by atomic mass is 9.95. The number of nitrogens with one attached hydrogen (secondary N) is 8. The molecule has 25 heteroatoms. The first-order valence-corrected chi connectivity index (χ1v) is 26.0. The molecule has 0 aliphatic rings. The van der Waals surface area contributed by atoms with Gasteiger partial charge >= 0.3 is 11.9 Å². The highest BCUT2D eigenvalue weighted by Gasteiger charge is 2.35. The van der Waals surface area contributed by atoms with Gasteiger partial charge in [-0.15, -0.1) is 0 Å². The number of thioether (sulfide) groups is 2. The van der Waals surface area contributed by atoms with Crippen LogP contribution < -0.4 is 48.9 Å². The van der Waals surface area contributed by atoms with Crippen LogP contribution in [0.25, 0.3) is 10.9 Å². The standard InChI is InChI=1S/C49H62N10O13S2/c1-73-18-16-34(46(69)56-36(20-28-12-14-30(60)15-13-28)44(67)43(66)32(50)23-41(62)63)54-40(61)26-53-45(68)37(22-29-25-52-33-11-7-6-10-31(29)33)57-47(70)35(17-19-74-2)55-48(71)38(24-42(64)65)58-49(72)39(59-51)21-27-8-4-3-5-9-27/h3-15,25,32,34-39,52,59-60H,16-24,26,50-51H2,1-2H3,(H,53,68)(H,54,61)(H,55,71)(H,56,69)(H,57,70)(H,58,72)(H,62,63)(H,64,65)/t32-,34-,35?,36-,37?,38-,39-/m1/s1. The Morgan fingerprint density at radius 2 is 1.08 bits per heavy atom. The molecule has 4 rings (SSSR count). The van der Waals surface area contributed by atoms with Gasteiger partial charge in [-0.3, -0.25) is 53.8 Å². The monoisotopic (exact) mass is 1060 g/mol. The number of aromatic nitrogens is 1. The molecule has 23 nitrogen and oxygen atoms in total. The fourth-order valence-corrected chi connectivity index (χ4v) is 8.48. The Balaban J connectivity index is 1.53. The van der Waals surface area contributed by atoms with Crippen LogP contribution in [0.1, 0.15) is 42.4 Å². The van der Waals surface area contributed by atoms with Crippen LogP contribution >= 0.6 is 23.5 Å². The lowest BCUT2D eigenvalue weighted by Gasteiger charge is -2.26. The third-order valence-electron chi connectivity index (χ3n) is 11.5. The van der Waals surface area contributed by atoms with Crippen LogP contribution in [0.15, 0.2) is 85.1 Å². The van der Waals surface area contributed by atoms with Crippen molar-refractivity contribution in [3.05, 3.63) is 102 Å². The Kier molecular flexibility index (Phi) is 24.0. The number of carbonyl (C=O) groups excluding carboxylic acids is 8.